The lowest BCUT2D eigenvalue weighted by atomic mass is 9.52. The van der Waals surface area contributed by atoms with Crippen molar-refractivity contribution in [1.82, 2.24) is 20.4 Å². The van der Waals surface area contributed by atoms with Crippen LogP contribution in [0.25, 0.3) is 6.20 Å². The first kappa shape index (κ1) is 26.2. The summed E-state index contributed by atoms with van der Waals surface area (Å²) in [7, 11) is 0. The Morgan fingerprint density at radius 3 is 2.50 bits per heavy atom. The van der Waals surface area contributed by atoms with Crippen LogP contribution in [0.15, 0.2) is 12.3 Å². The van der Waals surface area contributed by atoms with Crippen LogP contribution in [-0.4, -0.2) is 45.9 Å². The largest absolute Gasteiger partial charge is 0.443 e. The highest BCUT2D eigenvalue weighted by atomic mass is 16.6. The third-order valence-corrected chi connectivity index (χ3v) is 8.13. The van der Waals surface area contributed by atoms with Crippen LogP contribution in [0.5, 0.6) is 0 Å². The molecule has 3 amide bonds. The van der Waals surface area contributed by atoms with Gasteiger partial charge in [-0.3, -0.25) is 9.59 Å². The fraction of sp³-hybridized carbons (Fsp3) is 0.704. The Morgan fingerprint density at radius 1 is 1.25 bits per heavy atom. The van der Waals surface area contributed by atoms with Crippen molar-refractivity contribution in [1.29, 1.82) is 0 Å². The lowest BCUT2D eigenvalue weighted by Gasteiger charge is -2.58. The third kappa shape index (κ3) is 5.30. The molecule has 36 heavy (non-hydrogen) atoms. The van der Waals surface area contributed by atoms with Gasteiger partial charge in [0.05, 0.1) is 22.9 Å². The number of nitrogens with one attached hydrogen (secondary N) is 2. The van der Waals surface area contributed by atoms with E-state index in [4.69, 9.17) is 10.5 Å². The second-order valence-electron chi connectivity index (χ2n) is 12.0. The zero-order chi connectivity index (χ0) is 26.3. The summed E-state index contributed by atoms with van der Waals surface area (Å²) >= 11 is 0. The van der Waals surface area contributed by atoms with Gasteiger partial charge in [-0.1, -0.05) is 19.9 Å². The molecule has 9 heteroatoms. The molecule has 9 nitrogen and oxygen atoms in total. The van der Waals surface area contributed by atoms with Crippen molar-refractivity contribution in [2.45, 2.75) is 84.8 Å². The fourth-order valence-electron chi connectivity index (χ4n) is 6.77. The van der Waals surface area contributed by atoms with Gasteiger partial charge in [0.15, 0.2) is 0 Å². The van der Waals surface area contributed by atoms with Crippen molar-refractivity contribution in [3.63, 3.8) is 0 Å². The van der Waals surface area contributed by atoms with E-state index >= 15 is 0 Å². The van der Waals surface area contributed by atoms with Crippen LogP contribution in [0, 0.1) is 29.1 Å². The van der Waals surface area contributed by atoms with E-state index in [2.05, 4.69) is 29.6 Å². The number of carbonyl (C=O) groups is 3. The fourth-order valence-corrected chi connectivity index (χ4v) is 6.77. The summed E-state index contributed by atoms with van der Waals surface area (Å²) in [5, 5.41) is 10.7. The van der Waals surface area contributed by atoms with Crippen LogP contribution >= 0.6 is 0 Å². The third-order valence-electron chi connectivity index (χ3n) is 8.13. The molecule has 0 aromatic carbocycles. The van der Waals surface area contributed by atoms with Gasteiger partial charge in [-0.2, -0.15) is 5.10 Å². The highest BCUT2D eigenvalue weighted by molar-refractivity contribution is 5.95. The highest BCUT2D eigenvalue weighted by Crippen LogP contribution is 2.57. The summed E-state index contributed by atoms with van der Waals surface area (Å²) < 4.78 is 7.34. The molecule has 4 aliphatic carbocycles. The van der Waals surface area contributed by atoms with E-state index in [1.807, 2.05) is 26.8 Å². The number of hydrogen-bond acceptors (Lipinski definition) is 5. The second kappa shape index (κ2) is 9.90. The zero-order valence-corrected chi connectivity index (χ0v) is 22.2. The van der Waals surface area contributed by atoms with Gasteiger partial charge in [-0.15, -0.1) is 0 Å². The second-order valence-corrected chi connectivity index (χ2v) is 12.0. The molecule has 0 aliphatic heterocycles. The van der Waals surface area contributed by atoms with Gasteiger partial charge in [0, 0.05) is 18.8 Å². The molecular weight excluding hydrogens is 458 g/mol. The minimum Gasteiger partial charge on any atom is -0.443 e. The van der Waals surface area contributed by atoms with E-state index in [0.717, 1.165) is 37.8 Å². The minimum atomic E-state index is -0.706. The molecule has 4 bridgehead atoms. The number of rotatable bonds is 9. The molecule has 1 aromatic rings. The average Bonchev–Trinajstić information content (AvgIpc) is 3.15. The van der Waals surface area contributed by atoms with Crippen molar-refractivity contribution >= 4 is 24.1 Å². The molecule has 0 radical (unpaired) electrons. The van der Waals surface area contributed by atoms with Gasteiger partial charge in [0.2, 0.25) is 5.91 Å². The van der Waals surface area contributed by atoms with E-state index in [1.165, 1.54) is 0 Å². The van der Waals surface area contributed by atoms with Crippen LogP contribution in [-0.2, 0) is 16.0 Å². The SMILES string of the molecule is CCNC(=O)C(C)(C)/C=C/n1ncc(C(=O)NC2C3CC4CC2CC(OC(N)=O)(C4)C3)c1CC(C)C. The number of nitrogens with two attached hydrogens (primary N) is 1. The Morgan fingerprint density at radius 2 is 1.92 bits per heavy atom. The van der Waals surface area contributed by atoms with E-state index in [-0.39, 0.29) is 29.7 Å². The summed E-state index contributed by atoms with van der Waals surface area (Å²) in [5.74, 6) is 1.23. The summed E-state index contributed by atoms with van der Waals surface area (Å²) in [6.07, 6.45) is 9.70. The first-order valence-electron chi connectivity index (χ1n) is 13.3. The molecule has 0 spiro atoms. The van der Waals surface area contributed by atoms with Crippen molar-refractivity contribution in [3.8, 4) is 0 Å². The maximum atomic E-state index is 13.5. The predicted molar refractivity (Wildman–Crippen MR) is 137 cm³/mol. The summed E-state index contributed by atoms with van der Waals surface area (Å²) in [5.41, 5.74) is 5.62. The molecule has 4 fully saturated rings. The van der Waals surface area contributed by atoms with Crippen LogP contribution in [0.1, 0.15) is 82.8 Å². The number of aromatic nitrogens is 2. The predicted octanol–water partition coefficient (Wildman–Crippen LogP) is 3.49. The molecule has 4 N–H and O–H groups in total. The molecule has 5 rings (SSSR count). The minimum absolute atomic E-state index is 0.0566. The zero-order valence-electron chi connectivity index (χ0n) is 22.2. The van der Waals surface area contributed by atoms with E-state index in [9.17, 15) is 14.4 Å². The van der Waals surface area contributed by atoms with Crippen LogP contribution < -0.4 is 16.4 Å². The van der Waals surface area contributed by atoms with Gasteiger partial charge in [-0.25, -0.2) is 9.48 Å². The lowest BCUT2D eigenvalue weighted by molar-refractivity contribution is -0.137. The van der Waals surface area contributed by atoms with Crippen molar-refractivity contribution in [2.75, 3.05) is 6.54 Å². The maximum Gasteiger partial charge on any atom is 0.405 e. The van der Waals surface area contributed by atoms with E-state index in [1.54, 1.807) is 17.1 Å². The van der Waals surface area contributed by atoms with Crippen molar-refractivity contribution in [3.05, 3.63) is 23.5 Å². The number of hydrogen-bond donors (Lipinski definition) is 3. The normalized spacial score (nSPS) is 29.1. The topological polar surface area (TPSA) is 128 Å². The van der Waals surface area contributed by atoms with E-state index in [0.29, 0.717) is 30.4 Å². The van der Waals surface area contributed by atoms with Gasteiger partial charge in [0.1, 0.15) is 5.60 Å². The Bertz CT molecular complexity index is 1030. The van der Waals surface area contributed by atoms with Crippen LogP contribution in [0.2, 0.25) is 0 Å². The van der Waals surface area contributed by atoms with Gasteiger partial charge < -0.3 is 21.1 Å². The Hall–Kier alpha value is -2.84. The first-order valence-corrected chi connectivity index (χ1v) is 13.3. The van der Waals surface area contributed by atoms with Gasteiger partial charge in [0.25, 0.3) is 5.91 Å². The monoisotopic (exact) mass is 499 g/mol. The first-order chi connectivity index (χ1) is 16.9. The highest BCUT2D eigenvalue weighted by Gasteiger charge is 2.57. The molecule has 1 aromatic heterocycles. The van der Waals surface area contributed by atoms with Gasteiger partial charge >= 0.3 is 6.09 Å². The molecule has 4 saturated carbocycles. The summed E-state index contributed by atoms with van der Waals surface area (Å²) in [6.45, 7) is 10.4. The Labute approximate surface area is 213 Å². The quantitative estimate of drug-likeness (QED) is 0.479. The lowest BCUT2D eigenvalue weighted by Crippen LogP contribution is -2.63. The van der Waals surface area contributed by atoms with Crippen LogP contribution in [0.4, 0.5) is 4.79 Å². The Balaban J connectivity index is 1.52. The molecule has 2 unspecified atom stereocenters. The number of carbonyl (C=O) groups excluding carboxylic acids is 3. The molecular formula is C27H41N5O4. The molecule has 1 heterocycles. The number of ether oxygens (including phenoxy) is 1. The smallest absolute Gasteiger partial charge is 0.405 e. The average molecular weight is 500 g/mol. The summed E-state index contributed by atoms with van der Waals surface area (Å²) in [6, 6.07) is 0.0566. The Kier molecular flexibility index (Phi) is 7.21. The number of nitrogens with zero attached hydrogens (tertiary/aromatic N) is 2. The molecule has 198 valence electrons. The molecule has 0 saturated heterocycles. The van der Waals surface area contributed by atoms with Crippen molar-refractivity contribution < 1.29 is 19.1 Å². The van der Waals surface area contributed by atoms with Gasteiger partial charge in [-0.05, 0) is 83.0 Å². The maximum absolute atomic E-state index is 13.5. The standard InChI is InChI=1S/C27H41N5O4/c1-6-29-24(34)26(4,5)7-8-32-21(9-16(2)3)20(15-30-32)23(33)31-22-18-10-17-11-19(22)14-27(12-17,13-18)36-25(28)35/h7-8,15-19,22H,6,9-14H2,1-5H3,(H2,28,35)(H,29,34)(H,31,33)/b8-7+. The number of amides is 3. The van der Waals surface area contributed by atoms with Crippen molar-refractivity contribution in [2.24, 2.45) is 34.8 Å². The van der Waals surface area contributed by atoms with E-state index < -0.39 is 17.1 Å². The summed E-state index contributed by atoms with van der Waals surface area (Å²) in [4.78, 5) is 37.5. The number of primary amides is 1. The molecule has 4 aliphatic rings. The van der Waals surface area contributed by atoms with Crippen LogP contribution in [0.3, 0.4) is 0 Å². The molecule has 2 atom stereocenters.